The van der Waals surface area contributed by atoms with Crippen molar-refractivity contribution in [3.63, 3.8) is 0 Å². The van der Waals surface area contributed by atoms with E-state index in [-0.39, 0.29) is 32.6 Å². The molecule has 0 amide bonds. The van der Waals surface area contributed by atoms with E-state index in [0.717, 1.165) is 12.1 Å². The van der Waals surface area contributed by atoms with Crippen LogP contribution in [0.4, 0.5) is 0 Å². The summed E-state index contributed by atoms with van der Waals surface area (Å²) in [7, 11) is 0. The first-order chi connectivity index (χ1) is 11.1. The van der Waals surface area contributed by atoms with Crippen molar-refractivity contribution in [3.05, 3.63) is 78.4 Å². The van der Waals surface area contributed by atoms with Crippen molar-refractivity contribution in [2.24, 2.45) is 0 Å². The van der Waals surface area contributed by atoms with Crippen molar-refractivity contribution < 1.29 is 31.0 Å². The first kappa shape index (κ1) is 20.1. The molecule has 0 bridgehead atoms. The van der Waals surface area contributed by atoms with Crippen molar-refractivity contribution in [3.8, 4) is 0 Å². The average Bonchev–Trinajstić information content (AvgIpc) is 2.54. The van der Waals surface area contributed by atoms with E-state index < -0.39 is 0 Å². The zero-order valence-corrected chi connectivity index (χ0v) is 15.9. The van der Waals surface area contributed by atoms with Gasteiger partial charge in [0.15, 0.2) is 5.78 Å². The summed E-state index contributed by atoms with van der Waals surface area (Å²) >= 11 is 0. The van der Waals surface area contributed by atoms with Gasteiger partial charge in [0.1, 0.15) is 0 Å². The molecular weight excluding hydrogens is 481 g/mol. The second-order valence-electron chi connectivity index (χ2n) is 5.36. The summed E-state index contributed by atoms with van der Waals surface area (Å²) < 4.78 is 0. The number of hydrogen-bond acceptors (Lipinski definition) is 3. The largest absolute Gasteiger partial charge is 0.512 e. The molecule has 0 aliphatic heterocycles. The Kier molecular flexibility index (Phi) is 8.35. The zero-order valence-electron chi connectivity index (χ0n) is 13.7. The first-order valence-electron chi connectivity index (χ1n) is 7.54. The summed E-state index contributed by atoms with van der Waals surface area (Å²) in [5.74, 6) is 0.239. The Morgan fingerprint density at radius 1 is 1.29 bits per heavy atom. The standard InChI is InChI=1S/C15H12N.C5H8O2.Pt/c1-2-7-13(8-3-1)15-14-9-5-4-6-12(14)10-11-16-15;1-4(6)3-5(2)7;/h1-6,9-11,13H,7H2;3,6H,1-2H3;/q-1;;/b;4-3-;. The maximum absolute atomic E-state index is 10.0. The van der Waals surface area contributed by atoms with Gasteiger partial charge in [-0.3, -0.25) is 15.9 Å². The smallest absolute Gasteiger partial charge is 0.155 e. The van der Waals surface area contributed by atoms with Crippen LogP contribution in [0.15, 0.2) is 66.6 Å². The van der Waals surface area contributed by atoms with E-state index >= 15 is 0 Å². The number of aromatic nitrogens is 1. The molecule has 3 nitrogen and oxygen atoms in total. The van der Waals surface area contributed by atoms with E-state index in [1.807, 2.05) is 18.3 Å². The maximum Gasteiger partial charge on any atom is 0.155 e. The Labute approximate surface area is 157 Å². The zero-order chi connectivity index (χ0) is 16.7. The molecule has 0 radical (unpaired) electrons. The van der Waals surface area contributed by atoms with Crippen LogP contribution >= 0.6 is 0 Å². The molecular formula is C20H20NO2Pt-. The fraction of sp³-hybridized carbons (Fsp3) is 0.200. The molecule has 1 N–H and O–H groups in total. The monoisotopic (exact) mass is 501 g/mol. The number of nitrogens with zero attached hydrogens (tertiary/aromatic N) is 1. The summed E-state index contributed by atoms with van der Waals surface area (Å²) in [6, 6.07) is 10.4. The molecule has 1 aromatic carbocycles. The number of ketones is 1. The average molecular weight is 501 g/mol. The van der Waals surface area contributed by atoms with Crippen LogP contribution < -0.4 is 0 Å². The van der Waals surface area contributed by atoms with Crippen LogP contribution in [0, 0.1) is 6.08 Å². The molecule has 1 heterocycles. The third-order valence-corrected chi connectivity index (χ3v) is 3.35. The molecule has 4 heteroatoms. The van der Waals surface area contributed by atoms with Crippen molar-refractivity contribution in [1.82, 2.24) is 4.98 Å². The predicted molar refractivity (Wildman–Crippen MR) is 93.1 cm³/mol. The van der Waals surface area contributed by atoms with Crippen LogP contribution in [0.5, 0.6) is 0 Å². The van der Waals surface area contributed by atoms with Gasteiger partial charge in [0.2, 0.25) is 0 Å². The van der Waals surface area contributed by atoms with Crippen LogP contribution in [-0.4, -0.2) is 15.9 Å². The molecule has 0 spiro atoms. The minimum absolute atomic E-state index is 0. The van der Waals surface area contributed by atoms with Gasteiger partial charge in [-0.15, -0.1) is 0 Å². The number of allylic oxidation sites excluding steroid dienone is 6. The van der Waals surface area contributed by atoms with Gasteiger partial charge in [-0.25, -0.2) is 12.2 Å². The van der Waals surface area contributed by atoms with E-state index in [9.17, 15) is 4.79 Å². The van der Waals surface area contributed by atoms with Crippen LogP contribution in [-0.2, 0) is 25.9 Å². The Morgan fingerprint density at radius 2 is 2.04 bits per heavy atom. The van der Waals surface area contributed by atoms with Gasteiger partial charge in [-0.2, -0.15) is 6.08 Å². The minimum Gasteiger partial charge on any atom is -0.512 e. The Morgan fingerprint density at radius 3 is 2.62 bits per heavy atom. The number of fused-ring (bicyclic) bond motifs is 1. The number of aliphatic hydroxyl groups is 1. The van der Waals surface area contributed by atoms with E-state index in [0.29, 0.717) is 5.92 Å². The van der Waals surface area contributed by atoms with E-state index in [4.69, 9.17) is 5.11 Å². The fourth-order valence-electron chi connectivity index (χ4n) is 2.43. The quantitative estimate of drug-likeness (QED) is 0.370. The van der Waals surface area contributed by atoms with Crippen molar-refractivity contribution in [2.45, 2.75) is 26.2 Å². The summed E-state index contributed by atoms with van der Waals surface area (Å²) in [4.78, 5) is 14.5. The molecule has 128 valence electrons. The third-order valence-electron chi connectivity index (χ3n) is 3.35. The Balaban J connectivity index is 0.000000312. The van der Waals surface area contributed by atoms with Gasteiger partial charge >= 0.3 is 0 Å². The number of pyridine rings is 1. The van der Waals surface area contributed by atoms with Crippen molar-refractivity contribution in [1.29, 1.82) is 0 Å². The van der Waals surface area contributed by atoms with Crippen molar-refractivity contribution in [2.75, 3.05) is 0 Å². The number of aliphatic hydroxyl groups excluding tert-OH is 1. The molecule has 1 atom stereocenters. The number of hydrogen-bond donors (Lipinski definition) is 1. The van der Waals surface area contributed by atoms with Gasteiger partial charge in [0.05, 0.1) is 5.76 Å². The van der Waals surface area contributed by atoms with Crippen LogP contribution in [0.3, 0.4) is 0 Å². The molecule has 3 rings (SSSR count). The molecule has 0 saturated carbocycles. The number of carbonyl (C=O) groups excluding carboxylic acids is 1. The number of benzene rings is 1. The second-order valence-corrected chi connectivity index (χ2v) is 5.36. The molecule has 0 fully saturated rings. The first-order valence-corrected chi connectivity index (χ1v) is 7.54. The summed E-state index contributed by atoms with van der Waals surface area (Å²) in [6.45, 7) is 2.85. The van der Waals surface area contributed by atoms with E-state index in [1.54, 1.807) is 0 Å². The topological polar surface area (TPSA) is 50.2 Å². The van der Waals surface area contributed by atoms with Crippen LogP contribution in [0.25, 0.3) is 10.8 Å². The van der Waals surface area contributed by atoms with Crippen LogP contribution in [0.2, 0.25) is 0 Å². The maximum atomic E-state index is 10.0. The Bertz CT molecular complexity index is 769. The molecule has 24 heavy (non-hydrogen) atoms. The summed E-state index contributed by atoms with van der Waals surface area (Å²) in [5.41, 5.74) is 1.14. The second kappa shape index (κ2) is 9.99. The minimum atomic E-state index is -0.125. The molecule has 1 aliphatic rings. The SMILES string of the molecule is CC(=O)/C=C(/C)O.[C-]1=CC=CCC1c1nccc2ccccc12.[Pt]. The summed E-state index contributed by atoms with van der Waals surface area (Å²) in [5, 5.41) is 10.9. The van der Waals surface area contributed by atoms with Crippen LogP contribution in [0.1, 0.15) is 31.9 Å². The summed E-state index contributed by atoms with van der Waals surface area (Å²) in [6.07, 6.45) is 13.6. The number of rotatable bonds is 2. The fourth-order valence-corrected chi connectivity index (χ4v) is 2.43. The van der Waals surface area contributed by atoms with E-state index in [2.05, 4.69) is 47.5 Å². The third kappa shape index (κ3) is 5.90. The molecule has 1 unspecified atom stereocenters. The van der Waals surface area contributed by atoms with Gasteiger partial charge < -0.3 is 5.11 Å². The normalized spacial score (nSPS) is 16.1. The Hall–Kier alpha value is -1.99. The van der Waals surface area contributed by atoms with Gasteiger partial charge in [-0.05, 0) is 25.3 Å². The van der Waals surface area contributed by atoms with Gasteiger partial charge in [0.25, 0.3) is 0 Å². The van der Waals surface area contributed by atoms with E-state index in [1.165, 1.54) is 30.7 Å². The molecule has 1 aromatic heterocycles. The van der Waals surface area contributed by atoms with Gasteiger partial charge in [0, 0.05) is 44.4 Å². The molecule has 0 saturated heterocycles. The predicted octanol–water partition coefficient (Wildman–Crippen LogP) is 4.67. The van der Waals surface area contributed by atoms with Crippen molar-refractivity contribution >= 4 is 16.6 Å². The molecule has 2 aromatic rings. The van der Waals surface area contributed by atoms with Gasteiger partial charge in [-0.1, -0.05) is 36.6 Å². The molecule has 1 aliphatic carbocycles. The number of carbonyl (C=O) groups is 1.